The molecule has 0 atom stereocenters. The van der Waals surface area contributed by atoms with Crippen molar-refractivity contribution in [3.8, 4) is 0 Å². The molecule has 0 aliphatic carbocycles. The Morgan fingerprint density at radius 3 is 1.83 bits per heavy atom. The molecule has 4 heteroatoms. The van der Waals surface area contributed by atoms with Gasteiger partial charge in [0.1, 0.15) is 0 Å². The molecule has 1 aromatic rings. The van der Waals surface area contributed by atoms with Crippen LogP contribution in [0.1, 0.15) is 11.1 Å². The third kappa shape index (κ3) is 1.75. The minimum absolute atomic E-state index is 0.157. The van der Waals surface area contributed by atoms with Gasteiger partial charge in [0.15, 0.2) is 0 Å². The molecule has 0 saturated carbocycles. The van der Waals surface area contributed by atoms with E-state index < -0.39 is 7.60 Å². The highest BCUT2D eigenvalue weighted by atomic mass is 31.2. The van der Waals surface area contributed by atoms with Gasteiger partial charge in [-0.2, -0.15) is 0 Å². The summed E-state index contributed by atoms with van der Waals surface area (Å²) >= 11 is 0. The maximum absolute atomic E-state index is 11.0. The van der Waals surface area contributed by atoms with Crippen LogP contribution in [0.15, 0.2) is 18.2 Å². The van der Waals surface area contributed by atoms with Crippen LogP contribution in [0.4, 0.5) is 0 Å². The molecule has 0 aliphatic heterocycles. The summed E-state index contributed by atoms with van der Waals surface area (Å²) in [5.41, 5.74) is 1.28. The molecule has 66 valence electrons. The van der Waals surface area contributed by atoms with Crippen LogP contribution in [0.5, 0.6) is 0 Å². The van der Waals surface area contributed by atoms with Gasteiger partial charge in [-0.3, -0.25) is 4.57 Å². The van der Waals surface area contributed by atoms with Crippen LogP contribution in [0.2, 0.25) is 0 Å². The van der Waals surface area contributed by atoms with E-state index in [0.717, 1.165) is 0 Å². The number of benzene rings is 1. The summed E-state index contributed by atoms with van der Waals surface area (Å²) in [6.45, 7) is 3.39. The molecular weight excluding hydrogens is 175 g/mol. The zero-order valence-corrected chi connectivity index (χ0v) is 7.88. The van der Waals surface area contributed by atoms with Gasteiger partial charge in [0.05, 0.1) is 5.30 Å². The van der Waals surface area contributed by atoms with E-state index in [4.69, 9.17) is 9.79 Å². The molecule has 12 heavy (non-hydrogen) atoms. The van der Waals surface area contributed by atoms with E-state index in [9.17, 15) is 4.57 Å². The van der Waals surface area contributed by atoms with E-state index in [1.165, 1.54) is 0 Å². The van der Waals surface area contributed by atoms with Crippen molar-refractivity contribution in [3.05, 3.63) is 29.3 Å². The topological polar surface area (TPSA) is 57.5 Å². The minimum atomic E-state index is -4.09. The SMILES string of the molecule is Cc1cccc(C)c1P(=O)(O)O. The van der Waals surface area contributed by atoms with E-state index in [1.54, 1.807) is 32.0 Å². The van der Waals surface area contributed by atoms with Crippen molar-refractivity contribution >= 4 is 12.9 Å². The Morgan fingerprint density at radius 1 is 1.17 bits per heavy atom. The molecule has 2 N–H and O–H groups in total. The van der Waals surface area contributed by atoms with Gasteiger partial charge >= 0.3 is 7.60 Å². The van der Waals surface area contributed by atoms with Crippen LogP contribution in [0, 0.1) is 13.8 Å². The summed E-state index contributed by atoms with van der Waals surface area (Å²) in [4.78, 5) is 17.9. The van der Waals surface area contributed by atoms with E-state index in [-0.39, 0.29) is 5.30 Å². The molecule has 0 saturated heterocycles. The van der Waals surface area contributed by atoms with Gasteiger partial charge in [0.2, 0.25) is 0 Å². The average molecular weight is 186 g/mol. The lowest BCUT2D eigenvalue weighted by molar-refractivity contribution is 0.387. The molecule has 0 aromatic heterocycles. The summed E-state index contributed by atoms with van der Waals surface area (Å²) in [5, 5.41) is 0.157. The molecular formula is C8H11O3P. The first kappa shape index (κ1) is 9.46. The van der Waals surface area contributed by atoms with E-state index in [2.05, 4.69) is 0 Å². The fourth-order valence-electron chi connectivity index (χ4n) is 1.27. The number of hydrogen-bond donors (Lipinski definition) is 2. The highest BCUT2D eigenvalue weighted by molar-refractivity contribution is 7.60. The van der Waals surface area contributed by atoms with Gasteiger partial charge in [-0.15, -0.1) is 0 Å². The summed E-state index contributed by atoms with van der Waals surface area (Å²) in [6.07, 6.45) is 0. The van der Waals surface area contributed by atoms with Gasteiger partial charge < -0.3 is 9.79 Å². The molecule has 0 unspecified atom stereocenters. The first-order valence-corrected chi connectivity index (χ1v) is 5.16. The van der Waals surface area contributed by atoms with Crippen LogP contribution in [-0.4, -0.2) is 9.79 Å². The van der Waals surface area contributed by atoms with E-state index in [1.807, 2.05) is 0 Å². The highest BCUT2D eigenvalue weighted by Gasteiger charge is 2.21. The van der Waals surface area contributed by atoms with Crippen molar-refractivity contribution in [2.24, 2.45) is 0 Å². The van der Waals surface area contributed by atoms with Crippen LogP contribution < -0.4 is 5.30 Å². The predicted octanol–water partition coefficient (Wildman–Crippen LogP) is 1.11. The smallest absolute Gasteiger partial charge is 0.321 e. The summed E-state index contributed by atoms with van der Waals surface area (Å²) < 4.78 is 11.0. The first-order valence-electron chi connectivity index (χ1n) is 3.55. The van der Waals surface area contributed by atoms with Gasteiger partial charge in [-0.05, 0) is 25.0 Å². The van der Waals surface area contributed by atoms with Crippen LogP contribution >= 0.6 is 7.60 Å². The molecule has 0 heterocycles. The molecule has 0 spiro atoms. The molecule has 3 nitrogen and oxygen atoms in total. The maximum Gasteiger partial charge on any atom is 0.356 e. The highest BCUT2D eigenvalue weighted by Crippen LogP contribution is 2.35. The second-order valence-corrected chi connectivity index (χ2v) is 4.32. The molecule has 1 aromatic carbocycles. The first-order chi connectivity index (χ1) is 5.43. The van der Waals surface area contributed by atoms with Gasteiger partial charge in [0, 0.05) is 0 Å². The largest absolute Gasteiger partial charge is 0.356 e. The normalized spacial score (nSPS) is 11.7. The Morgan fingerprint density at radius 2 is 1.58 bits per heavy atom. The molecule has 0 bridgehead atoms. The zero-order valence-electron chi connectivity index (χ0n) is 6.98. The second kappa shape index (κ2) is 3.02. The molecule has 0 fully saturated rings. The van der Waals surface area contributed by atoms with Crippen molar-refractivity contribution in [1.29, 1.82) is 0 Å². The lowest BCUT2D eigenvalue weighted by Gasteiger charge is -2.10. The van der Waals surface area contributed by atoms with E-state index in [0.29, 0.717) is 11.1 Å². The Hall–Kier alpha value is -0.630. The van der Waals surface area contributed by atoms with Crippen LogP contribution in [0.25, 0.3) is 0 Å². The lowest BCUT2D eigenvalue weighted by atomic mass is 10.2. The Labute approximate surface area is 71.2 Å². The lowest BCUT2D eigenvalue weighted by Crippen LogP contribution is -2.11. The Bertz CT molecular complexity index is 320. The van der Waals surface area contributed by atoms with Crippen LogP contribution in [-0.2, 0) is 4.57 Å². The third-order valence-electron chi connectivity index (χ3n) is 1.73. The summed E-state index contributed by atoms with van der Waals surface area (Å²) in [5.74, 6) is 0. The molecule has 0 radical (unpaired) electrons. The minimum Gasteiger partial charge on any atom is -0.321 e. The maximum atomic E-state index is 11.0. The monoisotopic (exact) mass is 186 g/mol. The second-order valence-electron chi connectivity index (χ2n) is 2.78. The molecule has 0 amide bonds. The predicted molar refractivity (Wildman–Crippen MR) is 47.6 cm³/mol. The number of hydrogen-bond acceptors (Lipinski definition) is 1. The van der Waals surface area contributed by atoms with Crippen molar-refractivity contribution in [1.82, 2.24) is 0 Å². The molecule has 1 rings (SSSR count). The van der Waals surface area contributed by atoms with Gasteiger partial charge in [-0.1, -0.05) is 18.2 Å². The van der Waals surface area contributed by atoms with Crippen molar-refractivity contribution in [2.75, 3.05) is 0 Å². The van der Waals surface area contributed by atoms with Crippen LogP contribution in [0.3, 0.4) is 0 Å². The number of rotatable bonds is 1. The standard InChI is InChI=1S/C8H11O3P/c1-6-4-3-5-7(2)8(6)12(9,10)11/h3-5H,1-2H3,(H2,9,10,11). The fourth-order valence-corrected chi connectivity index (χ4v) is 2.33. The Balaban J connectivity index is 3.42. The van der Waals surface area contributed by atoms with Gasteiger partial charge in [0.25, 0.3) is 0 Å². The number of aryl methyl sites for hydroxylation is 2. The quantitative estimate of drug-likeness (QED) is 0.646. The summed E-state index contributed by atoms with van der Waals surface area (Å²) in [7, 11) is -4.09. The Kier molecular flexibility index (Phi) is 2.38. The zero-order chi connectivity index (χ0) is 9.35. The average Bonchev–Trinajstić information content (AvgIpc) is 1.82. The van der Waals surface area contributed by atoms with Crippen molar-refractivity contribution < 1.29 is 14.4 Å². The molecule has 0 aliphatic rings. The fraction of sp³-hybridized carbons (Fsp3) is 0.250. The van der Waals surface area contributed by atoms with Crippen molar-refractivity contribution in [2.45, 2.75) is 13.8 Å². The van der Waals surface area contributed by atoms with E-state index >= 15 is 0 Å². The van der Waals surface area contributed by atoms with Crippen molar-refractivity contribution in [3.63, 3.8) is 0 Å². The third-order valence-corrected chi connectivity index (χ3v) is 3.02. The summed E-state index contributed by atoms with van der Waals surface area (Å²) in [6, 6.07) is 5.17. The van der Waals surface area contributed by atoms with Gasteiger partial charge in [-0.25, -0.2) is 0 Å².